The average molecular weight is 278 g/mol. The molecule has 2 amide bonds. The first-order valence-electron chi connectivity index (χ1n) is 7.06. The predicted molar refractivity (Wildman–Crippen MR) is 73.0 cm³/mol. The molecule has 0 unspecified atom stereocenters. The first-order chi connectivity index (χ1) is 9.21. The zero-order valence-corrected chi connectivity index (χ0v) is 11.6. The third-order valence-electron chi connectivity index (χ3n) is 5.00. The Labute approximate surface area is 116 Å². The number of urea groups is 1. The largest absolute Gasteiger partial charge is 0.332 e. The maximum absolute atomic E-state index is 12.1. The summed E-state index contributed by atoms with van der Waals surface area (Å²) >= 11 is 1.35. The fourth-order valence-corrected chi connectivity index (χ4v) is 5.30. The number of nitrogens with one attached hydrogen (secondary N) is 2. The van der Waals surface area contributed by atoms with Gasteiger partial charge in [-0.05, 0) is 56.3 Å². The lowest BCUT2D eigenvalue weighted by molar-refractivity contribution is -0.0127. The first-order valence-corrected chi connectivity index (χ1v) is 7.94. The van der Waals surface area contributed by atoms with Gasteiger partial charge in [-0.2, -0.15) is 0 Å². The molecule has 2 N–H and O–H groups in total. The normalized spacial score (nSPS) is 39.3. The zero-order chi connectivity index (χ0) is 12.9. The number of aromatic nitrogens is 2. The molecule has 4 fully saturated rings. The van der Waals surface area contributed by atoms with Gasteiger partial charge in [0.1, 0.15) is 5.51 Å². The van der Waals surface area contributed by atoms with Gasteiger partial charge in [-0.25, -0.2) is 4.79 Å². The van der Waals surface area contributed by atoms with Crippen LogP contribution in [0.3, 0.4) is 0 Å². The van der Waals surface area contributed by atoms with Crippen molar-refractivity contribution in [3.8, 4) is 0 Å². The quantitative estimate of drug-likeness (QED) is 0.874. The van der Waals surface area contributed by atoms with Gasteiger partial charge in [0.15, 0.2) is 0 Å². The highest BCUT2D eigenvalue weighted by atomic mass is 32.1. The predicted octanol–water partition coefficient (Wildman–Crippen LogP) is 2.63. The van der Waals surface area contributed by atoms with Crippen molar-refractivity contribution in [2.45, 2.75) is 44.1 Å². The number of amides is 2. The Morgan fingerprint density at radius 1 is 1.21 bits per heavy atom. The Balaban J connectivity index is 1.46. The molecule has 0 saturated heterocycles. The van der Waals surface area contributed by atoms with E-state index in [0.29, 0.717) is 5.13 Å². The van der Waals surface area contributed by atoms with Crippen LogP contribution in [0.2, 0.25) is 0 Å². The number of rotatable bonds is 2. The molecule has 0 aliphatic heterocycles. The van der Waals surface area contributed by atoms with Crippen LogP contribution in [0.5, 0.6) is 0 Å². The Bertz CT molecular complexity index is 452. The molecule has 4 aliphatic carbocycles. The first kappa shape index (κ1) is 11.6. The summed E-state index contributed by atoms with van der Waals surface area (Å²) in [6.07, 6.45) is 7.67. The van der Waals surface area contributed by atoms with E-state index in [1.54, 1.807) is 5.51 Å². The van der Waals surface area contributed by atoms with E-state index < -0.39 is 0 Å². The Hall–Kier alpha value is -1.17. The second kappa shape index (κ2) is 4.16. The van der Waals surface area contributed by atoms with Crippen LogP contribution in [-0.2, 0) is 0 Å². The van der Waals surface area contributed by atoms with E-state index in [1.165, 1.54) is 49.9 Å². The number of anilines is 1. The molecule has 0 radical (unpaired) electrons. The summed E-state index contributed by atoms with van der Waals surface area (Å²) in [6, 6.07) is -0.112. The molecule has 19 heavy (non-hydrogen) atoms. The summed E-state index contributed by atoms with van der Waals surface area (Å²) in [5, 5.41) is 14.2. The topological polar surface area (TPSA) is 66.9 Å². The monoisotopic (exact) mass is 278 g/mol. The summed E-state index contributed by atoms with van der Waals surface area (Å²) < 4.78 is 0. The van der Waals surface area contributed by atoms with Crippen LogP contribution in [0.1, 0.15) is 38.5 Å². The van der Waals surface area contributed by atoms with Gasteiger partial charge in [0.2, 0.25) is 5.13 Å². The second-order valence-electron chi connectivity index (χ2n) is 6.52. The van der Waals surface area contributed by atoms with Crippen LogP contribution in [0.15, 0.2) is 5.51 Å². The van der Waals surface area contributed by atoms with Crippen molar-refractivity contribution in [2.75, 3.05) is 5.32 Å². The van der Waals surface area contributed by atoms with Gasteiger partial charge in [0, 0.05) is 5.54 Å². The minimum absolute atomic E-state index is 0.0590. The average Bonchev–Trinajstić information content (AvgIpc) is 2.78. The highest BCUT2D eigenvalue weighted by molar-refractivity contribution is 7.13. The molecule has 5 rings (SSSR count). The highest BCUT2D eigenvalue weighted by Crippen LogP contribution is 2.55. The van der Waals surface area contributed by atoms with Gasteiger partial charge in [-0.1, -0.05) is 11.3 Å². The maximum atomic E-state index is 12.1. The van der Waals surface area contributed by atoms with E-state index in [4.69, 9.17) is 0 Å². The molecule has 4 aliphatic rings. The molecule has 0 aromatic carbocycles. The van der Waals surface area contributed by atoms with E-state index in [1.807, 2.05) is 0 Å². The van der Waals surface area contributed by atoms with E-state index in [0.717, 1.165) is 17.8 Å². The summed E-state index contributed by atoms with van der Waals surface area (Å²) in [6.45, 7) is 0. The smallest absolute Gasteiger partial charge is 0.321 e. The SMILES string of the molecule is O=C(Nc1nncs1)NC12CC3CC(CC(C3)C1)C2. The molecule has 1 aromatic rings. The lowest BCUT2D eigenvalue weighted by Gasteiger charge is -2.56. The highest BCUT2D eigenvalue weighted by Gasteiger charge is 2.51. The summed E-state index contributed by atoms with van der Waals surface area (Å²) in [5.74, 6) is 2.52. The fourth-order valence-electron chi connectivity index (χ4n) is 4.86. The molecule has 0 spiro atoms. The number of nitrogens with zero attached hydrogens (tertiary/aromatic N) is 2. The molecule has 4 saturated carbocycles. The van der Waals surface area contributed by atoms with Crippen LogP contribution in [0, 0.1) is 17.8 Å². The van der Waals surface area contributed by atoms with E-state index in [9.17, 15) is 4.79 Å². The summed E-state index contributed by atoms with van der Waals surface area (Å²) in [7, 11) is 0. The van der Waals surface area contributed by atoms with Crippen LogP contribution in [0.4, 0.5) is 9.93 Å². The zero-order valence-electron chi connectivity index (χ0n) is 10.8. The van der Waals surface area contributed by atoms with Crippen molar-refractivity contribution in [1.29, 1.82) is 0 Å². The Morgan fingerprint density at radius 3 is 2.37 bits per heavy atom. The van der Waals surface area contributed by atoms with Gasteiger partial charge < -0.3 is 5.32 Å². The maximum Gasteiger partial charge on any atom is 0.321 e. The van der Waals surface area contributed by atoms with Crippen LogP contribution in [-0.4, -0.2) is 21.8 Å². The third kappa shape index (κ3) is 2.12. The van der Waals surface area contributed by atoms with Crippen LogP contribution < -0.4 is 10.6 Å². The number of hydrogen-bond donors (Lipinski definition) is 2. The van der Waals surface area contributed by atoms with Crippen molar-refractivity contribution in [3.63, 3.8) is 0 Å². The van der Waals surface area contributed by atoms with Gasteiger partial charge in [-0.15, -0.1) is 10.2 Å². The Morgan fingerprint density at radius 2 is 1.84 bits per heavy atom. The molecule has 0 atom stereocenters. The molecule has 102 valence electrons. The minimum Gasteiger partial charge on any atom is -0.332 e. The minimum atomic E-state index is -0.112. The summed E-state index contributed by atoms with van der Waals surface area (Å²) in [4.78, 5) is 12.1. The number of carbonyl (C=O) groups excluding carboxylic acids is 1. The molecule has 5 nitrogen and oxygen atoms in total. The Kier molecular flexibility index (Phi) is 2.55. The fraction of sp³-hybridized carbons (Fsp3) is 0.769. The summed E-state index contributed by atoms with van der Waals surface area (Å²) in [5.41, 5.74) is 1.68. The van der Waals surface area contributed by atoms with Gasteiger partial charge in [0.25, 0.3) is 0 Å². The standard InChI is InChI=1S/C13H18N4OS/c18-11(15-12-17-14-7-19-12)16-13-4-8-1-9(5-13)3-10(2-8)6-13/h7-10H,1-6H2,(H2,15,16,17,18). The molecule has 1 heterocycles. The molecule has 4 bridgehead atoms. The van der Waals surface area contributed by atoms with Crippen molar-refractivity contribution in [2.24, 2.45) is 17.8 Å². The molecule has 1 aromatic heterocycles. The van der Waals surface area contributed by atoms with E-state index >= 15 is 0 Å². The van der Waals surface area contributed by atoms with Gasteiger partial charge in [-0.3, -0.25) is 5.32 Å². The lowest BCUT2D eigenvalue weighted by atomic mass is 9.53. The van der Waals surface area contributed by atoms with Gasteiger partial charge in [0.05, 0.1) is 0 Å². The number of hydrogen-bond acceptors (Lipinski definition) is 4. The van der Waals surface area contributed by atoms with Crippen LogP contribution >= 0.6 is 11.3 Å². The van der Waals surface area contributed by atoms with Crippen LogP contribution in [0.25, 0.3) is 0 Å². The van der Waals surface area contributed by atoms with Gasteiger partial charge >= 0.3 is 6.03 Å². The van der Waals surface area contributed by atoms with E-state index in [2.05, 4.69) is 20.8 Å². The van der Waals surface area contributed by atoms with Crippen molar-refractivity contribution < 1.29 is 4.79 Å². The third-order valence-corrected chi connectivity index (χ3v) is 5.60. The lowest BCUT2D eigenvalue weighted by Crippen LogP contribution is -2.60. The number of carbonyl (C=O) groups is 1. The van der Waals surface area contributed by atoms with E-state index in [-0.39, 0.29) is 11.6 Å². The molecular formula is C13H18N4OS. The van der Waals surface area contributed by atoms with Crippen molar-refractivity contribution in [3.05, 3.63) is 5.51 Å². The molecule has 6 heteroatoms. The second-order valence-corrected chi connectivity index (χ2v) is 7.35. The van der Waals surface area contributed by atoms with Crippen molar-refractivity contribution in [1.82, 2.24) is 15.5 Å². The van der Waals surface area contributed by atoms with Crippen molar-refractivity contribution >= 4 is 22.5 Å². The molecular weight excluding hydrogens is 260 g/mol.